The van der Waals surface area contributed by atoms with Crippen LogP contribution in [0.1, 0.15) is 72.7 Å². The second-order valence-corrected chi connectivity index (χ2v) is 9.39. The Balaban J connectivity index is 1.85. The van der Waals surface area contributed by atoms with Crippen LogP contribution >= 0.6 is 0 Å². The van der Waals surface area contributed by atoms with Gasteiger partial charge in [0.2, 0.25) is 5.95 Å². The third-order valence-electron chi connectivity index (χ3n) is 6.94. The van der Waals surface area contributed by atoms with Gasteiger partial charge in [0.25, 0.3) is 0 Å². The number of aromatic nitrogens is 2. The quantitative estimate of drug-likeness (QED) is 0.405. The van der Waals surface area contributed by atoms with Crippen LogP contribution in [0.15, 0.2) is 42.5 Å². The van der Waals surface area contributed by atoms with Crippen molar-refractivity contribution in [1.82, 2.24) is 9.97 Å². The van der Waals surface area contributed by atoms with Gasteiger partial charge in [0.15, 0.2) is 0 Å². The van der Waals surface area contributed by atoms with E-state index in [4.69, 9.17) is 9.97 Å². The second kappa shape index (κ2) is 9.94. The number of benzene rings is 2. The molecule has 1 aromatic heterocycles. The number of nitrogens with zero attached hydrogens (tertiary/aromatic N) is 4. The first kappa shape index (κ1) is 23.3. The first-order chi connectivity index (χ1) is 15.9. The van der Waals surface area contributed by atoms with Gasteiger partial charge in [-0.05, 0) is 77.0 Å². The van der Waals surface area contributed by atoms with Crippen molar-refractivity contribution in [1.29, 1.82) is 0 Å². The first-order valence-electron chi connectivity index (χ1n) is 12.5. The van der Waals surface area contributed by atoms with Crippen LogP contribution < -0.4 is 9.80 Å². The molecular weight excluding hydrogens is 404 g/mol. The Bertz CT molecular complexity index is 1080. The number of rotatable bonds is 6. The average Bonchev–Trinajstić information content (AvgIpc) is 3.00. The molecule has 2 aromatic carbocycles. The number of fused-ring (bicyclic) bond motifs is 1. The normalized spacial score (nSPS) is 14.5. The van der Waals surface area contributed by atoms with Gasteiger partial charge in [-0.15, -0.1) is 0 Å². The highest BCUT2D eigenvalue weighted by Gasteiger charge is 2.28. The summed E-state index contributed by atoms with van der Waals surface area (Å²) in [6.45, 7) is 15.1. The number of hydrogen-bond acceptors (Lipinski definition) is 4. The van der Waals surface area contributed by atoms with E-state index in [1.165, 1.54) is 46.3 Å². The van der Waals surface area contributed by atoms with Crippen LogP contribution in [0.25, 0.3) is 0 Å². The van der Waals surface area contributed by atoms with Crippen LogP contribution in [0.4, 0.5) is 17.5 Å². The van der Waals surface area contributed by atoms with Crippen LogP contribution in [0.5, 0.6) is 0 Å². The van der Waals surface area contributed by atoms with Crippen LogP contribution in [0.3, 0.4) is 0 Å². The molecule has 0 bridgehead atoms. The first-order valence-corrected chi connectivity index (χ1v) is 12.5. The zero-order valence-electron chi connectivity index (χ0n) is 21.2. The van der Waals surface area contributed by atoms with Crippen LogP contribution in [0.2, 0.25) is 0 Å². The van der Waals surface area contributed by atoms with E-state index in [1.54, 1.807) is 0 Å². The summed E-state index contributed by atoms with van der Waals surface area (Å²) in [4.78, 5) is 15.2. The molecule has 1 atom stereocenters. The van der Waals surface area contributed by atoms with Crippen LogP contribution in [-0.4, -0.2) is 23.1 Å². The third kappa shape index (κ3) is 4.62. The van der Waals surface area contributed by atoms with Crippen molar-refractivity contribution in [3.63, 3.8) is 0 Å². The molecule has 4 rings (SSSR count). The summed E-state index contributed by atoms with van der Waals surface area (Å²) in [6.07, 6.45) is 4.47. The molecule has 0 amide bonds. The summed E-state index contributed by atoms with van der Waals surface area (Å²) in [5, 5.41) is 0. The summed E-state index contributed by atoms with van der Waals surface area (Å²) in [6, 6.07) is 15.7. The number of anilines is 3. The zero-order chi connectivity index (χ0) is 23.5. The molecule has 0 radical (unpaired) electrons. The summed E-state index contributed by atoms with van der Waals surface area (Å²) in [7, 11) is 0. The summed E-state index contributed by atoms with van der Waals surface area (Å²) < 4.78 is 0. The fourth-order valence-electron chi connectivity index (χ4n) is 5.52. The minimum atomic E-state index is 0.322. The number of hydrogen-bond donors (Lipinski definition) is 0. The SMILES string of the molecule is CCC(c1ccccc1)N1CCCCc2c(C)nc(N(CC)c3c(C)cc(C)cc3C)nc21. The highest BCUT2D eigenvalue weighted by atomic mass is 15.3. The lowest BCUT2D eigenvalue weighted by molar-refractivity contribution is 0.583. The van der Waals surface area contributed by atoms with Crippen molar-refractivity contribution in [3.8, 4) is 0 Å². The summed E-state index contributed by atoms with van der Waals surface area (Å²) in [5.74, 6) is 1.95. The lowest BCUT2D eigenvalue weighted by Gasteiger charge is -2.34. The van der Waals surface area contributed by atoms with Crippen LogP contribution in [0, 0.1) is 27.7 Å². The van der Waals surface area contributed by atoms with Crippen molar-refractivity contribution in [2.45, 2.75) is 73.3 Å². The van der Waals surface area contributed by atoms with Crippen molar-refractivity contribution >= 4 is 17.5 Å². The van der Waals surface area contributed by atoms with E-state index in [2.05, 4.69) is 93.8 Å². The molecule has 0 saturated carbocycles. The molecule has 0 N–H and O–H groups in total. The van der Waals surface area contributed by atoms with E-state index < -0.39 is 0 Å². The third-order valence-corrected chi connectivity index (χ3v) is 6.94. The molecule has 33 heavy (non-hydrogen) atoms. The molecule has 0 saturated heterocycles. The fourth-order valence-corrected chi connectivity index (χ4v) is 5.52. The molecule has 2 heterocycles. The van der Waals surface area contributed by atoms with E-state index in [1.807, 2.05) is 0 Å². The smallest absolute Gasteiger partial charge is 0.232 e. The summed E-state index contributed by atoms with van der Waals surface area (Å²) in [5.41, 5.74) is 8.88. The topological polar surface area (TPSA) is 32.3 Å². The average molecular weight is 443 g/mol. The lowest BCUT2D eigenvalue weighted by Crippen LogP contribution is -2.31. The maximum atomic E-state index is 5.30. The maximum absolute atomic E-state index is 5.30. The highest BCUT2D eigenvalue weighted by molar-refractivity contribution is 5.68. The second-order valence-electron chi connectivity index (χ2n) is 9.39. The van der Waals surface area contributed by atoms with E-state index >= 15 is 0 Å². The van der Waals surface area contributed by atoms with Gasteiger partial charge in [-0.2, -0.15) is 4.98 Å². The van der Waals surface area contributed by atoms with E-state index in [0.717, 1.165) is 43.4 Å². The predicted octanol–water partition coefficient (Wildman–Crippen LogP) is 7.16. The van der Waals surface area contributed by atoms with Gasteiger partial charge < -0.3 is 9.80 Å². The molecule has 4 heteroatoms. The Morgan fingerprint density at radius 3 is 2.27 bits per heavy atom. The molecule has 1 unspecified atom stereocenters. The van der Waals surface area contributed by atoms with Gasteiger partial charge in [0, 0.05) is 30.0 Å². The zero-order valence-corrected chi connectivity index (χ0v) is 21.2. The molecule has 174 valence electrons. The van der Waals surface area contributed by atoms with E-state index in [-0.39, 0.29) is 0 Å². The molecule has 0 fully saturated rings. The van der Waals surface area contributed by atoms with Crippen molar-refractivity contribution in [3.05, 3.63) is 76.0 Å². The van der Waals surface area contributed by atoms with Crippen LogP contribution in [-0.2, 0) is 6.42 Å². The van der Waals surface area contributed by atoms with Gasteiger partial charge in [-0.1, -0.05) is 55.0 Å². The molecule has 3 aromatic rings. The number of aryl methyl sites for hydroxylation is 4. The molecule has 4 nitrogen and oxygen atoms in total. The fraction of sp³-hybridized carbons (Fsp3) is 0.448. The van der Waals surface area contributed by atoms with E-state index in [9.17, 15) is 0 Å². The van der Waals surface area contributed by atoms with Gasteiger partial charge in [0.1, 0.15) is 5.82 Å². The van der Waals surface area contributed by atoms with E-state index in [0.29, 0.717) is 6.04 Å². The monoisotopic (exact) mass is 442 g/mol. The Kier molecular flexibility index (Phi) is 7.02. The summed E-state index contributed by atoms with van der Waals surface area (Å²) >= 11 is 0. The van der Waals surface area contributed by atoms with Crippen molar-refractivity contribution < 1.29 is 0 Å². The maximum Gasteiger partial charge on any atom is 0.232 e. The molecule has 0 spiro atoms. The molecule has 1 aliphatic heterocycles. The minimum absolute atomic E-state index is 0.322. The van der Waals surface area contributed by atoms with Crippen molar-refractivity contribution in [2.24, 2.45) is 0 Å². The van der Waals surface area contributed by atoms with Gasteiger partial charge >= 0.3 is 0 Å². The van der Waals surface area contributed by atoms with Crippen molar-refractivity contribution in [2.75, 3.05) is 22.9 Å². The Labute approximate surface area is 199 Å². The van der Waals surface area contributed by atoms with Gasteiger partial charge in [-0.3, -0.25) is 0 Å². The lowest BCUT2D eigenvalue weighted by atomic mass is 10.0. The Morgan fingerprint density at radius 1 is 0.939 bits per heavy atom. The predicted molar refractivity (Wildman–Crippen MR) is 140 cm³/mol. The molecule has 1 aliphatic rings. The highest BCUT2D eigenvalue weighted by Crippen LogP contribution is 2.38. The Hall–Kier alpha value is -2.88. The Morgan fingerprint density at radius 2 is 1.64 bits per heavy atom. The molecule has 0 aliphatic carbocycles. The largest absolute Gasteiger partial charge is 0.349 e. The van der Waals surface area contributed by atoms with Gasteiger partial charge in [0.05, 0.1) is 6.04 Å². The molecular formula is C29H38N4. The van der Waals surface area contributed by atoms with Gasteiger partial charge in [-0.25, -0.2) is 4.98 Å². The standard InChI is InChI=1S/C29H38N4/c1-7-26(24-14-10-9-11-15-24)33-17-13-12-16-25-23(6)30-29(31-28(25)33)32(8-2)27-21(4)18-20(3)19-22(27)5/h9-11,14-15,18-19,26H,7-8,12-13,16-17H2,1-6H3. The minimum Gasteiger partial charge on any atom is -0.349 e.